The molecule has 0 spiro atoms. The van der Waals surface area contributed by atoms with Gasteiger partial charge in [0.25, 0.3) is 5.56 Å². The van der Waals surface area contributed by atoms with E-state index in [1.807, 2.05) is 0 Å². The highest BCUT2D eigenvalue weighted by atomic mass is 35.5. The van der Waals surface area contributed by atoms with Crippen molar-refractivity contribution < 1.29 is 13.6 Å². The van der Waals surface area contributed by atoms with Crippen LogP contribution in [0.15, 0.2) is 52.4 Å². The third kappa shape index (κ3) is 4.14. The van der Waals surface area contributed by atoms with E-state index in [2.05, 4.69) is 15.2 Å². The highest BCUT2D eigenvalue weighted by molar-refractivity contribution is 7.99. The molecular weight excluding hydrogens is 384 g/mol. The number of halogens is 3. The molecular formula is C17H10ClF2N3O2S. The number of carbonyl (C=O) groups is 1. The number of rotatable bonds is 5. The number of nitrogens with zero attached hydrogens (tertiary/aromatic N) is 2. The maximum absolute atomic E-state index is 13.3. The Morgan fingerprint density at radius 1 is 1.08 bits per heavy atom. The standard InChI is InChI=1S/C17H10ClF2N3O2S/c18-11-4-1-9(2-5-11)14(24)8-26-17-21-16(25)15(22-23-17)10-3-6-12(19)13(20)7-10/h1-7H,8H2,(H,21,23,25). The van der Waals surface area contributed by atoms with Crippen LogP contribution in [-0.2, 0) is 0 Å². The summed E-state index contributed by atoms with van der Waals surface area (Å²) in [5, 5.41) is 8.23. The Balaban J connectivity index is 1.73. The Morgan fingerprint density at radius 2 is 1.81 bits per heavy atom. The van der Waals surface area contributed by atoms with Crippen molar-refractivity contribution in [1.29, 1.82) is 0 Å². The van der Waals surface area contributed by atoms with Gasteiger partial charge in [-0.2, -0.15) is 0 Å². The monoisotopic (exact) mass is 393 g/mol. The highest BCUT2D eigenvalue weighted by Crippen LogP contribution is 2.18. The molecule has 0 unspecified atom stereocenters. The van der Waals surface area contributed by atoms with Crippen LogP contribution in [0.5, 0.6) is 0 Å². The number of aromatic nitrogens is 3. The lowest BCUT2D eigenvalue weighted by Gasteiger charge is -2.03. The number of ketones is 1. The summed E-state index contributed by atoms with van der Waals surface area (Å²) < 4.78 is 26.3. The molecule has 3 aromatic rings. The molecule has 0 radical (unpaired) electrons. The van der Waals surface area contributed by atoms with E-state index >= 15 is 0 Å². The number of thioether (sulfide) groups is 1. The van der Waals surface area contributed by atoms with Gasteiger partial charge in [-0.1, -0.05) is 23.4 Å². The summed E-state index contributed by atoms with van der Waals surface area (Å²) in [5.41, 5.74) is -0.174. The summed E-state index contributed by atoms with van der Waals surface area (Å²) in [6.45, 7) is 0. The zero-order valence-electron chi connectivity index (χ0n) is 13.0. The maximum atomic E-state index is 13.3. The van der Waals surface area contributed by atoms with Gasteiger partial charge in [-0.3, -0.25) is 14.6 Å². The first-order valence-electron chi connectivity index (χ1n) is 7.28. The van der Waals surface area contributed by atoms with Gasteiger partial charge in [0.1, 0.15) is 0 Å². The molecule has 1 heterocycles. The maximum Gasteiger partial charge on any atom is 0.278 e. The van der Waals surface area contributed by atoms with E-state index in [-0.39, 0.29) is 27.9 Å². The molecule has 1 aromatic heterocycles. The Morgan fingerprint density at radius 3 is 2.46 bits per heavy atom. The van der Waals surface area contributed by atoms with Gasteiger partial charge >= 0.3 is 0 Å². The molecule has 0 saturated heterocycles. The van der Waals surface area contributed by atoms with Gasteiger partial charge in [-0.05, 0) is 42.5 Å². The Kier molecular flexibility index (Phi) is 5.43. The first kappa shape index (κ1) is 18.2. The summed E-state index contributed by atoms with van der Waals surface area (Å²) in [4.78, 5) is 26.7. The predicted octanol–water partition coefficient (Wildman–Crippen LogP) is 3.74. The minimum absolute atomic E-state index is 0.0385. The van der Waals surface area contributed by atoms with Crippen molar-refractivity contribution in [2.75, 3.05) is 5.75 Å². The lowest BCUT2D eigenvalue weighted by molar-refractivity contribution is 0.102. The fourth-order valence-corrected chi connectivity index (χ4v) is 2.90. The molecule has 0 amide bonds. The first-order valence-corrected chi connectivity index (χ1v) is 8.64. The number of hydrogen-bond acceptors (Lipinski definition) is 5. The second-order valence-corrected chi connectivity index (χ2v) is 6.56. The lowest BCUT2D eigenvalue weighted by Crippen LogP contribution is -2.15. The number of aromatic amines is 1. The van der Waals surface area contributed by atoms with E-state index in [9.17, 15) is 18.4 Å². The molecule has 0 saturated carbocycles. The summed E-state index contributed by atoms with van der Waals surface area (Å²) in [5.74, 6) is -2.24. The number of nitrogens with one attached hydrogen (secondary N) is 1. The van der Waals surface area contributed by atoms with Crippen LogP contribution < -0.4 is 5.56 Å². The topological polar surface area (TPSA) is 75.7 Å². The molecule has 26 heavy (non-hydrogen) atoms. The van der Waals surface area contributed by atoms with Crippen molar-refractivity contribution in [3.8, 4) is 11.3 Å². The normalized spacial score (nSPS) is 10.7. The van der Waals surface area contributed by atoms with Crippen molar-refractivity contribution in [2.45, 2.75) is 5.16 Å². The van der Waals surface area contributed by atoms with Crippen molar-refractivity contribution in [3.05, 3.63) is 75.0 Å². The van der Waals surface area contributed by atoms with Crippen LogP contribution in [0.25, 0.3) is 11.3 Å². The van der Waals surface area contributed by atoms with Gasteiger partial charge in [0.2, 0.25) is 0 Å². The predicted molar refractivity (Wildman–Crippen MR) is 94.5 cm³/mol. The number of benzene rings is 2. The molecule has 1 N–H and O–H groups in total. The van der Waals surface area contributed by atoms with Crippen LogP contribution in [0.4, 0.5) is 8.78 Å². The molecule has 0 aliphatic carbocycles. The second kappa shape index (κ2) is 7.76. The molecule has 3 rings (SSSR count). The van der Waals surface area contributed by atoms with Crippen LogP contribution in [0.1, 0.15) is 10.4 Å². The highest BCUT2D eigenvalue weighted by Gasteiger charge is 2.12. The first-order chi connectivity index (χ1) is 12.4. The second-order valence-electron chi connectivity index (χ2n) is 5.16. The van der Waals surface area contributed by atoms with Gasteiger partial charge in [0, 0.05) is 16.1 Å². The van der Waals surface area contributed by atoms with E-state index in [1.165, 1.54) is 6.07 Å². The SMILES string of the molecule is O=C(CSc1nnc(-c2ccc(F)c(F)c2)c(=O)[nH]1)c1ccc(Cl)cc1. The third-order valence-electron chi connectivity index (χ3n) is 3.38. The average molecular weight is 394 g/mol. The van der Waals surface area contributed by atoms with E-state index < -0.39 is 17.2 Å². The van der Waals surface area contributed by atoms with Crippen LogP contribution >= 0.6 is 23.4 Å². The van der Waals surface area contributed by atoms with Gasteiger partial charge in [-0.15, -0.1) is 10.2 Å². The molecule has 0 atom stereocenters. The fourth-order valence-electron chi connectivity index (χ4n) is 2.07. The molecule has 9 heteroatoms. The van der Waals surface area contributed by atoms with Crippen molar-refractivity contribution in [1.82, 2.24) is 15.2 Å². The zero-order chi connectivity index (χ0) is 18.7. The largest absolute Gasteiger partial charge is 0.298 e. The smallest absolute Gasteiger partial charge is 0.278 e. The van der Waals surface area contributed by atoms with Crippen LogP contribution in [-0.4, -0.2) is 26.7 Å². The van der Waals surface area contributed by atoms with Gasteiger partial charge in [-0.25, -0.2) is 8.78 Å². The van der Waals surface area contributed by atoms with Gasteiger partial charge in [0.05, 0.1) is 5.75 Å². The summed E-state index contributed by atoms with van der Waals surface area (Å²) >= 11 is 6.78. The van der Waals surface area contributed by atoms with E-state index in [1.54, 1.807) is 24.3 Å². The van der Waals surface area contributed by atoms with Gasteiger partial charge < -0.3 is 0 Å². The average Bonchev–Trinajstić information content (AvgIpc) is 2.63. The number of hydrogen-bond donors (Lipinski definition) is 1. The van der Waals surface area contributed by atoms with Crippen molar-refractivity contribution in [2.24, 2.45) is 0 Å². The Bertz CT molecular complexity index is 1030. The summed E-state index contributed by atoms with van der Waals surface area (Å²) in [6, 6.07) is 9.42. The molecule has 132 valence electrons. The van der Waals surface area contributed by atoms with Crippen molar-refractivity contribution in [3.63, 3.8) is 0 Å². The zero-order valence-corrected chi connectivity index (χ0v) is 14.6. The molecule has 0 aliphatic rings. The summed E-state index contributed by atoms with van der Waals surface area (Å²) in [6.07, 6.45) is 0. The Hall–Kier alpha value is -2.58. The van der Waals surface area contributed by atoms with Crippen molar-refractivity contribution >= 4 is 29.1 Å². The Labute approximate surface area is 155 Å². The van der Waals surface area contributed by atoms with Crippen LogP contribution in [0.3, 0.4) is 0 Å². The van der Waals surface area contributed by atoms with Gasteiger partial charge in [0.15, 0.2) is 28.3 Å². The number of Topliss-reactive ketones (excluding diaryl/α,β-unsaturated/α-hetero) is 1. The minimum Gasteiger partial charge on any atom is -0.298 e. The third-order valence-corrected chi connectivity index (χ3v) is 4.49. The molecule has 0 bridgehead atoms. The van der Waals surface area contributed by atoms with Crippen LogP contribution in [0, 0.1) is 11.6 Å². The molecule has 5 nitrogen and oxygen atoms in total. The van der Waals surface area contributed by atoms with E-state index in [0.29, 0.717) is 10.6 Å². The number of H-pyrrole nitrogens is 1. The van der Waals surface area contributed by atoms with Crippen LogP contribution in [0.2, 0.25) is 5.02 Å². The lowest BCUT2D eigenvalue weighted by atomic mass is 10.1. The van der Waals surface area contributed by atoms with E-state index in [4.69, 9.17) is 11.6 Å². The quantitative estimate of drug-likeness (QED) is 0.528. The fraction of sp³-hybridized carbons (Fsp3) is 0.0588. The molecule has 0 fully saturated rings. The minimum atomic E-state index is -1.09. The number of carbonyl (C=O) groups excluding carboxylic acids is 1. The van der Waals surface area contributed by atoms with E-state index in [0.717, 1.165) is 23.9 Å². The summed E-state index contributed by atoms with van der Waals surface area (Å²) in [7, 11) is 0. The molecule has 0 aliphatic heterocycles. The molecule has 2 aromatic carbocycles.